The first-order chi connectivity index (χ1) is 15.3. The topological polar surface area (TPSA) is 69.2 Å². The zero-order chi connectivity index (χ0) is 23.0. The Hall–Kier alpha value is -2.93. The van der Waals surface area contributed by atoms with E-state index in [2.05, 4.69) is 10.2 Å². The lowest BCUT2D eigenvalue weighted by Crippen LogP contribution is -2.34. The number of carbonyl (C=O) groups is 2. The van der Waals surface area contributed by atoms with Crippen molar-refractivity contribution in [2.45, 2.75) is 45.4 Å². The second-order valence-electron chi connectivity index (χ2n) is 8.48. The number of benzene rings is 2. The predicted octanol–water partition coefficient (Wildman–Crippen LogP) is 5.41. The van der Waals surface area contributed by atoms with Gasteiger partial charge < -0.3 is 4.74 Å². The molecule has 0 spiro atoms. The number of nitrogens with zero attached hydrogens (tertiary/aromatic N) is 2. The second kappa shape index (κ2) is 8.90. The molecule has 0 saturated heterocycles. The number of aromatic nitrogens is 2. The fourth-order valence-corrected chi connectivity index (χ4v) is 5.50. The van der Waals surface area contributed by atoms with Crippen molar-refractivity contribution >= 4 is 22.9 Å². The summed E-state index contributed by atoms with van der Waals surface area (Å²) < 4.78 is 19.1. The molecule has 0 amide bonds. The number of aryl methyl sites for hydroxylation is 2. The number of carbonyl (C=O) groups excluding carboxylic acids is 2. The van der Waals surface area contributed by atoms with Crippen LogP contribution in [0.25, 0.3) is 10.6 Å². The van der Waals surface area contributed by atoms with Crippen LogP contribution in [0.3, 0.4) is 0 Å². The van der Waals surface area contributed by atoms with Gasteiger partial charge in [0.15, 0.2) is 0 Å². The molecule has 32 heavy (non-hydrogen) atoms. The zero-order valence-corrected chi connectivity index (χ0v) is 19.3. The highest BCUT2D eigenvalue weighted by molar-refractivity contribution is 7.14. The van der Waals surface area contributed by atoms with Gasteiger partial charge in [0.2, 0.25) is 0 Å². The summed E-state index contributed by atoms with van der Waals surface area (Å²) in [5.74, 6) is -0.947. The van der Waals surface area contributed by atoms with Gasteiger partial charge in [0, 0.05) is 29.9 Å². The average molecular weight is 453 g/mol. The molecule has 1 aliphatic rings. The van der Waals surface area contributed by atoms with Crippen LogP contribution >= 0.6 is 11.3 Å². The van der Waals surface area contributed by atoms with Crippen LogP contribution in [0.2, 0.25) is 0 Å². The van der Waals surface area contributed by atoms with Crippen LogP contribution < -0.4 is 4.74 Å². The van der Waals surface area contributed by atoms with Crippen LogP contribution in [-0.2, 0) is 9.59 Å². The van der Waals surface area contributed by atoms with Crippen LogP contribution in [0.15, 0.2) is 36.4 Å². The molecule has 1 fully saturated rings. The predicted molar refractivity (Wildman–Crippen MR) is 122 cm³/mol. The van der Waals surface area contributed by atoms with E-state index in [4.69, 9.17) is 4.74 Å². The van der Waals surface area contributed by atoms with Gasteiger partial charge in [0.05, 0.1) is 7.11 Å². The summed E-state index contributed by atoms with van der Waals surface area (Å²) in [6, 6.07) is 10.1. The SMILES string of the molecule is COc1cc(C)cc(C)c1C1C(=O)CC(C(C)c2nnc(-c3cccc(F)c3)s2)CC1=O. The van der Waals surface area contributed by atoms with Crippen LogP contribution in [0.5, 0.6) is 5.75 Å². The number of methoxy groups -OCH3 is 1. The Morgan fingerprint density at radius 3 is 2.47 bits per heavy atom. The van der Waals surface area contributed by atoms with Crippen molar-refractivity contribution < 1.29 is 18.7 Å². The van der Waals surface area contributed by atoms with Crippen molar-refractivity contribution in [3.8, 4) is 16.3 Å². The van der Waals surface area contributed by atoms with E-state index >= 15 is 0 Å². The summed E-state index contributed by atoms with van der Waals surface area (Å²) in [5.41, 5.74) is 3.27. The summed E-state index contributed by atoms with van der Waals surface area (Å²) >= 11 is 1.37. The molecular formula is C25H25FN2O3S. The number of halogens is 1. The molecule has 2 aromatic carbocycles. The molecule has 0 bridgehead atoms. The lowest BCUT2D eigenvalue weighted by molar-refractivity contribution is -0.134. The molecule has 1 atom stereocenters. The number of ketones is 2. The fraction of sp³-hybridized carbons (Fsp3) is 0.360. The molecule has 1 saturated carbocycles. The van der Waals surface area contributed by atoms with E-state index in [1.165, 1.54) is 23.5 Å². The molecule has 3 aromatic rings. The highest BCUT2D eigenvalue weighted by Gasteiger charge is 2.41. The van der Waals surface area contributed by atoms with Crippen molar-refractivity contribution in [1.82, 2.24) is 10.2 Å². The Morgan fingerprint density at radius 2 is 1.81 bits per heavy atom. The summed E-state index contributed by atoms with van der Waals surface area (Å²) in [7, 11) is 1.56. The van der Waals surface area contributed by atoms with Crippen LogP contribution in [0.1, 0.15) is 53.3 Å². The minimum absolute atomic E-state index is 0.0850. The molecular weight excluding hydrogens is 427 g/mol. The maximum atomic E-state index is 13.5. The molecule has 166 valence electrons. The lowest BCUT2D eigenvalue weighted by atomic mass is 9.71. The van der Waals surface area contributed by atoms with Gasteiger partial charge in [0.25, 0.3) is 0 Å². The third kappa shape index (κ3) is 4.21. The maximum absolute atomic E-state index is 13.5. The molecule has 7 heteroatoms. The summed E-state index contributed by atoms with van der Waals surface area (Å²) in [6.07, 6.45) is 0.589. The molecule has 1 heterocycles. The molecule has 1 aliphatic carbocycles. The van der Waals surface area contributed by atoms with Gasteiger partial charge >= 0.3 is 0 Å². The number of Topliss-reactive ketones (excluding diaryl/α,β-unsaturated/α-hetero) is 2. The normalized spacial score (nSPS) is 19.8. The Labute approximate surface area is 190 Å². The van der Waals surface area contributed by atoms with Crippen LogP contribution in [-0.4, -0.2) is 28.9 Å². The Bertz CT molecular complexity index is 1170. The smallest absolute Gasteiger partial charge is 0.148 e. The summed E-state index contributed by atoms with van der Waals surface area (Å²) in [6.45, 7) is 5.84. The van der Waals surface area contributed by atoms with E-state index in [1.54, 1.807) is 19.2 Å². The van der Waals surface area contributed by atoms with Gasteiger partial charge in [-0.25, -0.2) is 4.39 Å². The first kappa shape index (κ1) is 22.3. The largest absolute Gasteiger partial charge is 0.496 e. The standard InChI is InChI=1S/C25H25FN2O3S/c1-13-8-14(2)22(21(9-13)31-4)23-19(29)11-17(12-20(23)30)15(3)24-27-28-25(32-24)16-6-5-7-18(26)10-16/h5-10,15,17,23H,11-12H2,1-4H3. The molecule has 4 rings (SSSR count). The van der Waals surface area contributed by atoms with Crippen molar-refractivity contribution in [2.75, 3.05) is 7.11 Å². The fourth-order valence-electron chi connectivity index (χ4n) is 4.52. The monoisotopic (exact) mass is 452 g/mol. The molecule has 5 nitrogen and oxygen atoms in total. The number of ether oxygens (including phenoxy) is 1. The van der Waals surface area contributed by atoms with Crippen molar-refractivity contribution in [2.24, 2.45) is 5.92 Å². The van der Waals surface area contributed by atoms with Crippen LogP contribution in [0, 0.1) is 25.6 Å². The zero-order valence-electron chi connectivity index (χ0n) is 18.5. The highest BCUT2D eigenvalue weighted by Crippen LogP contribution is 2.42. The van der Waals surface area contributed by atoms with E-state index < -0.39 is 5.92 Å². The number of rotatable bonds is 5. The Morgan fingerprint density at radius 1 is 1.09 bits per heavy atom. The average Bonchev–Trinajstić information content (AvgIpc) is 3.24. The highest BCUT2D eigenvalue weighted by atomic mass is 32.1. The van der Waals surface area contributed by atoms with E-state index in [9.17, 15) is 14.0 Å². The van der Waals surface area contributed by atoms with Gasteiger partial charge in [-0.05, 0) is 49.1 Å². The first-order valence-corrected chi connectivity index (χ1v) is 11.4. The number of hydrogen-bond donors (Lipinski definition) is 0. The van der Waals surface area contributed by atoms with E-state index in [0.29, 0.717) is 34.7 Å². The van der Waals surface area contributed by atoms with Gasteiger partial charge in [-0.1, -0.05) is 36.5 Å². The quantitative estimate of drug-likeness (QED) is 0.485. The number of hydrogen-bond acceptors (Lipinski definition) is 6. The Balaban J connectivity index is 1.56. The minimum Gasteiger partial charge on any atom is -0.496 e. The first-order valence-electron chi connectivity index (χ1n) is 10.6. The van der Waals surface area contributed by atoms with Gasteiger partial charge in [-0.15, -0.1) is 10.2 Å². The molecule has 1 unspecified atom stereocenters. The van der Waals surface area contributed by atoms with Crippen LogP contribution in [0.4, 0.5) is 4.39 Å². The summed E-state index contributed by atoms with van der Waals surface area (Å²) in [4.78, 5) is 26.3. The van der Waals surface area contributed by atoms with E-state index in [1.807, 2.05) is 32.9 Å². The van der Waals surface area contributed by atoms with E-state index in [-0.39, 0.29) is 29.2 Å². The lowest BCUT2D eigenvalue weighted by Gasteiger charge is -2.31. The van der Waals surface area contributed by atoms with Gasteiger partial charge in [-0.2, -0.15) is 0 Å². The molecule has 0 N–H and O–H groups in total. The third-order valence-corrected chi connectivity index (χ3v) is 7.35. The Kier molecular flexibility index (Phi) is 6.20. The van der Waals surface area contributed by atoms with E-state index in [0.717, 1.165) is 16.1 Å². The maximum Gasteiger partial charge on any atom is 0.148 e. The minimum atomic E-state index is -0.786. The molecule has 0 aliphatic heterocycles. The second-order valence-corrected chi connectivity index (χ2v) is 9.49. The van der Waals surface area contributed by atoms with Gasteiger partial charge in [-0.3, -0.25) is 9.59 Å². The van der Waals surface area contributed by atoms with Crippen molar-refractivity contribution in [1.29, 1.82) is 0 Å². The summed E-state index contributed by atoms with van der Waals surface area (Å²) in [5, 5.41) is 9.85. The molecule has 0 radical (unpaired) electrons. The molecule has 1 aromatic heterocycles. The third-order valence-electron chi connectivity index (χ3n) is 6.18. The van der Waals surface area contributed by atoms with Crippen molar-refractivity contribution in [3.05, 3.63) is 63.9 Å². The van der Waals surface area contributed by atoms with Crippen molar-refractivity contribution in [3.63, 3.8) is 0 Å². The van der Waals surface area contributed by atoms with Gasteiger partial charge in [0.1, 0.15) is 39.1 Å².